The van der Waals surface area contributed by atoms with Crippen LogP contribution in [-0.2, 0) is 13.0 Å². The normalized spacial score (nSPS) is 23.1. The second kappa shape index (κ2) is 6.16. The molecule has 0 radical (unpaired) electrons. The standard InChI is InChI=1S/C17H20N2O/c20-17-13-19(11-14-6-2-1-3-7-14)12-15(17)10-16-8-4-5-9-18-16/h1-9,15,17,20H,10-13H2. The maximum absolute atomic E-state index is 10.2. The zero-order valence-electron chi connectivity index (χ0n) is 11.5. The summed E-state index contributed by atoms with van der Waals surface area (Å²) in [7, 11) is 0. The van der Waals surface area contributed by atoms with E-state index in [1.807, 2.05) is 30.5 Å². The second-order valence-electron chi connectivity index (χ2n) is 5.53. The lowest BCUT2D eigenvalue weighted by Crippen LogP contribution is -2.21. The lowest BCUT2D eigenvalue weighted by Gasteiger charge is -2.15. The first-order valence-electron chi connectivity index (χ1n) is 7.15. The molecule has 1 N–H and O–H groups in total. The first-order chi connectivity index (χ1) is 9.81. The van der Waals surface area contributed by atoms with Gasteiger partial charge in [0.05, 0.1) is 6.10 Å². The first kappa shape index (κ1) is 13.3. The highest BCUT2D eigenvalue weighted by molar-refractivity contribution is 5.15. The van der Waals surface area contributed by atoms with Gasteiger partial charge in [-0.1, -0.05) is 36.4 Å². The van der Waals surface area contributed by atoms with E-state index < -0.39 is 0 Å². The molecule has 1 aliphatic heterocycles. The van der Waals surface area contributed by atoms with Crippen molar-refractivity contribution in [1.82, 2.24) is 9.88 Å². The molecule has 1 aliphatic rings. The van der Waals surface area contributed by atoms with Crippen molar-refractivity contribution in [2.45, 2.75) is 19.1 Å². The summed E-state index contributed by atoms with van der Waals surface area (Å²) in [5.74, 6) is 0.286. The third-order valence-electron chi connectivity index (χ3n) is 3.93. The molecule has 20 heavy (non-hydrogen) atoms. The van der Waals surface area contributed by atoms with Crippen molar-refractivity contribution in [3.05, 3.63) is 66.0 Å². The van der Waals surface area contributed by atoms with Gasteiger partial charge in [0.15, 0.2) is 0 Å². The van der Waals surface area contributed by atoms with Crippen LogP contribution in [0.25, 0.3) is 0 Å². The van der Waals surface area contributed by atoms with Crippen LogP contribution in [0, 0.1) is 5.92 Å². The molecule has 1 aromatic carbocycles. The maximum atomic E-state index is 10.2. The molecular formula is C17H20N2O. The molecule has 0 amide bonds. The number of hydrogen-bond acceptors (Lipinski definition) is 3. The van der Waals surface area contributed by atoms with Crippen molar-refractivity contribution >= 4 is 0 Å². The summed E-state index contributed by atoms with van der Waals surface area (Å²) in [6.07, 6.45) is 2.42. The summed E-state index contributed by atoms with van der Waals surface area (Å²) in [4.78, 5) is 6.68. The molecule has 1 aromatic heterocycles. The minimum absolute atomic E-state index is 0.249. The maximum Gasteiger partial charge on any atom is 0.0711 e. The van der Waals surface area contributed by atoms with E-state index in [0.29, 0.717) is 0 Å². The topological polar surface area (TPSA) is 36.4 Å². The Kier molecular flexibility index (Phi) is 4.09. The lowest BCUT2D eigenvalue weighted by molar-refractivity contribution is 0.140. The minimum Gasteiger partial charge on any atom is -0.391 e. The van der Waals surface area contributed by atoms with Crippen molar-refractivity contribution < 1.29 is 5.11 Å². The molecule has 0 bridgehead atoms. The molecule has 1 fully saturated rings. The average molecular weight is 268 g/mol. The van der Waals surface area contributed by atoms with Crippen LogP contribution in [0.5, 0.6) is 0 Å². The Morgan fingerprint density at radius 3 is 2.60 bits per heavy atom. The van der Waals surface area contributed by atoms with Gasteiger partial charge >= 0.3 is 0 Å². The molecule has 0 saturated carbocycles. The highest BCUT2D eigenvalue weighted by Gasteiger charge is 2.31. The third kappa shape index (κ3) is 3.24. The summed E-state index contributed by atoms with van der Waals surface area (Å²) in [6, 6.07) is 16.4. The summed E-state index contributed by atoms with van der Waals surface area (Å²) < 4.78 is 0. The fourth-order valence-electron chi connectivity index (χ4n) is 2.90. The molecule has 2 unspecified atom stereocenters. The quantitative estimate of drug-likeness (QED) is 0.922. The van der Waals surface area contributed by atoms with Crippen LogP contribution in [0.1, 0.15) is 11.3 Å². The summed E-state index contributed by atoms with van der Waals surface area (Å²) in [5, 5.41) is 10.2. The van der Waals surface area contributed by atoms with Crippen LogP contribution in [0.15, 0.2) is 54.7 Å². The van der Waals surface area contributed by atoms with E-state index in [9.17, 15) is 5.11 Å². The number of aliphatic hydroxyl groups excluding tert-OH is 1. The minimum atomic E-state index is -0.249. The van der Waals surface area contributed by atoms with Gasteiger partial charge in [0.25, 0.3) is 0 Å². The van der Waals surface area contributed by atoms with Gasteiger partial charge in [-0.3, -0.25) is 9.88 Å². The molecule has 0 aliphatic carbocycles. The summed E-state index contributed by atoms with van der Waals surface area (Å²) in [5.41, 5.74) is 2.37. The molecule has 3 nitrogen and oxygen atoms in total. The van der Waals surface area contributed by atoms with Crippen molar-refractivity contribution in [2.75, 3.05) is 13.1 Å². The Balaban J connectivity index is 1.59. The van der Waals surface area contributed by atoms with Crippen molar-refractivity contribution in [3.8, 4) is 0 Å². The first-order valence-corrected chi connectivity index (χ1v) is 7.15. The van der Waals surface area contributed by atoms with Crippen LogP contribution in [0.2, 0.25) is 0 Å². The molecule has 2 aromatic rings. The number of hydrogen-bond donors (Lipinski definition) is 1. The Hall–Kier alpha value is -1.71. The number of rotatable bonds is 4. The van der Waals surface area contributed by atoms with Crippen LogP contribution in [0.3, 0.4) is 0 Å². The van der Waals surface area contributed by atoms with Gasteiger partial charge in [0.2, 0.25) is 0 Å². The molecule has 1 saturated heterocycles. The molecular weight excluding hydrogens is 248 g/mol. The molecule has 0 spiro atoms. The lowest BCUT2D eigenvalue weighted by atomic mass is 10.00. The van der Waals surface area contributed by atoms with E-state index in [1.165, 1.54) is 5.56 Å². The fraction of sp³-hybridized carbons (Fsp3) is 0.353. The second-order valence-corrected chi connectivity index (χ2v) is 5.53. The number of nitrogens with zero attached hydrogens (tertiary/aromatic N) is 2. The molecule has 2 heterocycles. The number of aromatic nitrogens is 1. The largest absolute Gasteiger partial charge is 0.391 e. The zero-order valence-corrected chi connectivity index (χ0v) is 11.5. The van der Waals surface area contributed by atoms with E-state index in [4.69, 9.17) is 0 Å². The van der Waals surface area contributed by atoms with Crippen molar-refractivity contribution in [2.24, 2.45) is 5.92 Å². The summed E-state index contributed by atoms with van der Waals surface area (Å²) >= 11 is 0. The predicted molar refractivity (Wildman–Crippen MR) is 79.2 cm³/mol. The third-order valence-corrected chi connectivity index (χ3v) is 3.93. The number of likely N-dealkylation sites (tertiary alicyclic amines) is 1. The van der Waals surface area contributed by atoms with E-state index in [1.54, 1.807) is 0 Å². The van der Waals surface area contributed by atoms with E-state index in [-0.39, 0.29) is 12.0 Å². The SMILES string of the molecule is OC1CN(Cc2ccccc2)CC1Cc1ccccn1. The van der Waals surface area contributed by atoms with Crippen molar-refractivity contribution in [3.63, 3.8) is 0 Å². The Morgan fingerprint density at radius 1 is 1.05 bits per heavy atom. The number of benzene rings is 1. The van der Waals surface area contributed by atoms with Crippen LogP contribution < -0.4 is 0 Å². The smallest absolute Gasteiger partial charge is 0.0711 e. The Labute approximate surface area is 119 Å². The average Bonchev–Trinajstić information content (AvgIpc) is 2.81. The molecule has 104 valence electrons. The molecule has 2 atom stereocenters. The molecule has 3 heteroatoms. The summed E-state index contributed by atoms with van der Waals surface area (Å²) in [6.45, 7) is 2.61. The monoisotopic (exact) mass is 268 g/mol. The van der Waals surface area contributed by atoms with Crippen molar-refractivity contribution in [1.29, 1.82) is 0 Å². The van der Waals surface area contributed by atoms with E-state index >= 15 is 0 Å². The van der Waals surface area contributed by atoms with E-state index in [2.05, 4.69) is 34.1 Å². The van der Waals surface area contributed by atoms with Crippen LogP contribution in [0.4, 0.5) is 0 Å². The Bertz CT molecular complexity index is 529. The van der Waals surface area contributed by atoms with Gasteiger partial charge in [0.1, 0.15) is 0 Å². The zero-order chi connectivity index (χ0) is 13.8. The van der Waals surface area contributed by atoms with Gasteiger partial charge in [-0.25, -0.2) is 0 Å². The number of pyridine rings is 1. The van der Waals surface area contributed by atoms with Crippen LogP contribution in [-0.4, -0.2) is 34.2 Å². The Morgan fingerprint density at radius 2 is 1.85 bits per heavy atom. The molecule has 3 rings (SSSR count). The van der Waals surface area contributed by atoms with Gasteiger partial charge < -0.3 is 5.11 Å². The predicted octanol–water partition coefficient (Wildman–Crippen LogP) is 2.12. The van der Waals surface area contributed by atoms with Crippen LogP contribution >= 0.6 is 0 Å². The van der Waals surface area contributed by atoms with Gasteiger partial charge in [-0.2, -0.15) is 0 Å². The van der Waals surface area contributed by atoms with Gasteiger partial charge in [-0.05, 0) is 24.1 Å². The van der Waals surface area contributed by atoms with Gasteiger partial charge in [0, 0.05) is 37.4 Å². The fourth-order valence-corrected chi connectivity index (χ4v) is 2.90. The number of aliphatic hydroxyl groups is 1. The van der Waals surface area contributed by atoms with Gasteiger partial charge in [-0.15, -0.1) is 0 Å². The van der Waals surface area contributed by atoms with E-state index in [0.717, 1.165) is 31.7 Å². The number of β-amino-alcohol motifs (C(OH)–C–C–N with tert-alkyl or cyclic N) is 1. The highest BCUT2D eigenvalue weighted by Crippen LogP contribution is 2.22. The highest BCUT2D eigenvalue weighted by atomic mass is 16.3.